The number of amides is 1. The van der Waals surface area contributed by atoms with Crippen LogP contribution in [-0.4, -0.2) is 80.0 Å². The molecule has 1 amide bonds. The Morgan fingerprint density at radius 1 is 1.52 bits per heavy atom. The van der Waals surface area contributed by atoms with Crippen molar-refractivity contribution in [2.75, 3.05) is 46.9 Å². The van der Waals surface area contributed by atoms with Crippen LogP contribution in [-0.2, 0) is 9.53 Å². The van der Waals surface area contributed by atoms with Gasteiger partial charge in [0.2, 0.25) is 5.91 Å². The van der Waals surface area contributed by atoms with E-state index in [2.05, 4.69) is 0 Å². The Hall–Kier alpha value is -0.860. The standard InChI is InChI=1S/C13H23F3N2O3/c1-17(7-11(19)9-21-2)8-12(20)18-5-3-4-10(6-18)13(14,15)16/h10-11,19H,3-9H2,1-2H3. The van der Waals surface area contributed by atoms with Gasteiger partial charge in [0.25, 0.3) is 0 Å². The van der Waals surface area contributed by atoms with Gasteiger partial charge in [-0.1, -0.05) is 0 Å². The van der Waals surface area contributed by atoms with E-state index in [1.165, 1.54) is 12.0 Å². The molecule has 0 aromatic carbocycles. The predicted octanol–water partition coefficient (Wildman–Crippen LogP) is 0.726. The lowest BCUT2D eigenvalue weighted by atomic mass is 9.97. The molecule has 0 bridgehead atoms. The number of hydrogen-bond acceptors (Lipinski definition) is 4. The number of hydrogen-bond donors (Lipinski definition) is 1. The van der Waals surface area contributed by atoms with Gasteiger partial charge in [-0.05, 0) is 19.9 Å². The summed E-state index contributed by atoms with van der Waals surface area (Å²) in [6.07, 6.45) is -4.53. The summed E-state index contributed by atoms with van der Waals surface area (Å²) in [5.41, 5.74) is 0. The number of halogens is 3. The fourth-order valence-corrected chi connectivity index (χ4v) is 2.47. The number of nitrogens with zero attached hydrogens (tertiary/aromatic N) is 2. The first-order chi connectivity index (χ1) is 9.74. The number of likely N-dealkylation sites (tertiary alicyclic amines) is 1. The summed E-state index contributed by atoms with van der Waals surface area (Å²) >= 11 is 0. The lowest BCUT2D eigenvalue weighted by Crippen LogP contribution is -2.48. The van der Waals surface area contributed by atoms with Gasteiger partial charge in [0.05, 0.1) is 25.2 Å². The molecule has 2 atom stereocenters. The zero-order valence-corrected chi connectivity index (χ0v) is 12.4. The highest BCUT2D eigenvalue weighted by atomic mass is 19.4. The van der Waals surface area contributed by atoms with Crippen LogP contribution in [0, 0.1) is 5.92 Å². The molecule has 0 spiro atoms. The van der Waals surface area contributed by atoms with Crippen LogP contribution >= 0.6 is 0 Å². The van der Waals surface area contributed by atoms with Crippen LogP contribution in [0.3, 0.4) is 0 Å². The van der Waals surface area contributed by atoms with Crippen molar-refractivity contribution in [3.05, 3.63) is 0 Å². The van der Waals surface area contributed by atoms with Crippen molar-refractivity contribution in [3.63, 3.8) is 0 Å². The third-order valence-electron chi connectivity index (χ3n) is 3.52. The second-order valence-corrected chi connectivity index (χ2v) is 5.53. The molecule has 5 nitrogen and oxygen atoms in total. The number of likely N-dealkylation sites (N-methyl/N-ethyl adjacent to an activating group) is 1. The van der Waals surface area contributed by atoms with Gasteiger partial charge >= 0.3 is 6.18 Å². The maximum absolute atomic E-state index is 12.7. The zero-order valence-electron chi connectivity index (χ0n) is 12.4. The van der Waals surface area contributed by atoms with Crippen LogP contribution in [0.15, 0.2) is 0 Å². The highest BCUT2D eigenvalue weighted by molar-refractivity contribution is 5.78. The third kappa shape index (κ3) is 6.19. The van der Waals surface area contributed by atoms with Crippen molar-refractivity contribution < 1.29 is 27.8 Å². The first-order valence-electron chi connectivity index (χ1n) is 6.94. The quantitative estimate of drug-likeness (QED) is 0.785. The summed E-state index contributed by atoms with van der Waals surface area (Å²) < 4.78 is 42.9. The summed E-state index contributed by atoms with van der Waals surface area (Å²) in [6.45, 7) is 0.469. The largest absolute Gasteiger partial charge is 0.393 e. The van der Waals surface area contributed by atoms with Crippen LogP contribution in [0.2, 0.25) is 0 Å². The first-order valence-corrected chi connectivity index (χ1v) is 6.94. The van der Waals surface area contributed by atoms with Gasteiger partial charge in [-0.25, -0.2) is 0 Å². The van der Waals surface area contributed by atoms with E-state index in [1.54, 1.807) is 11.9 Å². The molecule has 2 unspecified atom stereocenters. The maximum atomic E-state index is 12.7. The summed E-state index contributed by atoms with van der Waals surface area (Å²) in [6, 6.07) is 0. The topological polar surface area (TPSA) is 53.0 Å². The molecule has 1 fully saturated rings. The van der Waals surface area contributed by atoms with E-state index in [0.717, 1.165) is 0 Å². The number of rotatable bonds is 6. The molecule has 0 aromatic rings. The van der Waals surface area contributed by atoms with Crippen LogP contribution in [0.4, 0.5) is 13.2 Å². The van der Waals surface area contributed by atoms with Gasteiger partial charge in [0, 0.05) is 26.7 Å². The van der Waals surface area contributed by atoms with E-state index in [4.69, 9.17) is 4.74 Å². The van der Waals surface area contributed by atoms with Gasteiger partial charge in [0.15, 0.2) is 0 Å². The maximum Gasteiger partial charge on any atom is 0.393 e. The summed E-state index contributed by atoms with van der Waals surface area (Å²) in [5, 5.41) is 9.55. The molecule has 124 valence electrons. The van der Waals surface area contributed by atoms with Crippen LogP contribution in [0.5, 0.6) is 0 Å². The Labute approximate surface area is 122 Å². The first kappa shape index (κ1) is 18.2. The van der Waals surface area contributed by atoms with E-state index in [0.29, 0.717) is 13.0 Å². The number of carbonyl (C=O) groups excluding carboxylic acids is 1. The number of ether oxygens (including phenoxy) is 1. The van der Waals surface area contributed by atoms with E-state index in [1.807, 2.05) is 0 Å². The Balaban J connectivity index is 2.44. The van der Waals surface area contributed by atoms with Crippen molar-refractivity contribution >= 4 is 5.91 Å². The van der Waals surface area contributed by atoms with Gasteiger partial charge in [0.1, 0.15) is 0 Å². The molecular weight excluding hydrogens is 289 g/mol. The molecule has 0 aromatic heterocycles. The normalized spacial score (nSPS) is 21.7. The van der Waals surface area contributed by atoms with E-state index >= 15 is 0 Å². The summed E-state index contributed by atoms with van der Waals surface area (Å²) in [4.78, 5) is 14.9. The van der Waals surface area contributed by atoms with E-state index in [-0.39, 0.29) is 38.6 Å². The molecule has 0 saturated carbocycles. The molecule has 1 aliphatic heterocycles. The molecule has 1 aliphatic rings. The Morgan fingerprint density at radius 2 is 2.19 bits per heavy atom. The summed E-state index contributed by atoms with van der Waals surface area (Å²) in [5.74, 6) is -1.77. The number of carbonyl (C=O) groups is 1. The molecule has 0 radical (unpaired) electrons. The number of aliphatic hydroxyl groups excluding tert-OH is 1. The average Bonchev–Trinajstić information content (AvgIpc) is 2.37. The second-order valence-electron chi connectivity index (χ2n) is 5.53. The number of methoxy groups -OCH3 is 1. The van der Waals surface area contributed by atoms with Crippen LogP contribution in [0.1, 0.15) is 12.8 Å². The molecule has 1 saturated heterocycles. The second kappa shape index (κ2) is 7.95. The molecular formula is C13H23F3N2O3. The fraction of sp³-hybridized carbons (Fsp3) is 0.923. The zero-order chi connectivity index (χ0) is 16.0. The van der Waals surface area contributed by atoms with Crippen molar-refractivity contribution in [2.24, 2.45) is 5.92 Å². The lowest BCUT2D eigenvalue weighted by Gasteiger charge is -2.34. The van der Waals surface area contributed by atoms with Gasteiger partial charge in [-0.2, -0.15) is 13.2 Å². The lowest BCUT2D eigenvalue weighted by molar-refractivity contribution is -0.188. The minimum absolute atomic E-state index is 0.00858. The summed E-state index contributed by atoms with van der Waals surface area (Å²) in [7, 11) is 3.10. The minimum atomic E-state index is -4.25. The molecule has 1 heterocycles. The SMILES string of the molecule is COCC(O)CN(C)CC(=O)N1CCCC(C(F)(F)F)C1. The highest BCUT2D eigenvalue weighted by Crippen LogP contribution is 2.33. The van der Waals surface area contributed by atoms with E-state index in [9.17, 15) is 23.1 Å². The van der Waals surface area contributed by atoms with Gasteiger partial charge in [-0.15, -0.1) is 0 Å². The Bertz CT molecular complexity index is 339. The average molecular weight is 312 g/mol. The Morgan fingerprint density at radius 3 is 2.76 bits per heavy atom. The van der Waals surface area contributed by atoms with E-state index < -0.39 is 18.2 Å². The van der Waals surface area contributed by atoms with Crippen molar-refractivity contribution in [2.45, 2.75) is 25.1 Å². The number of aliphatic hydroxyl groups is 1. The molecule has 21 heavy (non-hydrogen) atoms. The van der Waals surface area contributed by atoms with Gasteiger partial charge in [-0.3, -0.25) is 9.69 Å². The smallest absolute Gasteiger partial charge is 0.389 e. The third-order valence-corrected chi connectivity index (χ3v) is 3.52. The van der Waals surface area contributed by atoms with Crippen molar-refractivity contribution in [3.8, 4) is 0 Å². The van der Waals surface area contributed by atoms with Crippen molar-refractivity contribution in [1.29, 1.82) is 0 Å². The highest BCUT2D eigenvalue weighted by Gasteiger charge is 2.42. The molecule has 1 N–H and O–H groups in total. The van der Waals surface area contributed by atoms with Crippen LogP contribution < -0.4 is 0 Å². The molecule has 1 rings (SSSR count). The predicted molar refractivity (Wildman–Crippen MR) is 70.7 cm³/mol. The Kier molecular flexibility index (Phi) is 6.89. The molecule has 0 aliphatic carbocycles. The van der Waals surface area contributed by atoms with Gasteiger partial charge < -0.3 is 14.7 Å². The fourth-order valence-electron chi connectivity index (χ4n) is 2.47. The van der Waals surface area contributed by atoms with Crippen LogP contribution in [0.25, 0.3) is 0 Å². The monoisotopic (exact) mass is 312 g/mol. The minimum Gasteiger partial charge on any atom is -0.389 e. The number of piperidine rings is 1. The number of alkyl halides is 3. The molecule has 8 heteroatoms. The van der Waals surface area contributed by atoms with Crippen molar-refractivity contribution in [1.82, 2.24) is 9.80 Å².